The predicted octanol–water partition coefficient (Wildman–Crippen LogP) is 2.36. The van der Waals surface area contributed by atoms with Gasteiger partial charge in [-0.15, -0.1) is 0 Å². The number of aromatic nitrogens is 3. The maximum Gasteiger partial charge on any atom is 0.219 e. The molecule has 1 amide bonds. The van der Waals surface area contributed by atoms with Gasteiger partial charge in [0.25, 0.3) is 0 Å². The first-order valence-electron chi connectivity index (χ1n) is 12.5. The average Bonchev–Trinajstić information content (AvgIpc) is 3.30. The van der Waals surface area contributed by atoms with Crippen molar-refractivity contribution in [3.05, 3.63) is 36.3 Å². The van der Waals surface area contributed by atoms with Gasteiger partial charge >= 0.3 is 0 Å². The number of halogens is 1. The molecular weight excluding hydrogens is 449 g/mol. The molecule has 35 heavy (non-hydrogen) atoms. The van der Waals surface area contributed by atoms with Crippen molar-refractivity contribution in [3.8, 4) is 0 Å². The van der Waals surface area contributed by atoms with E-state index in [0.717, 1.165) is 32.4 Å². The van der Waals surface area contributed by atoms with E-state index in [-0.39, 0.29) is 18.5 Å². The summed E-state index contributed by atoms with van der Waals surface area (Å²) in [4.78, 5) is 19.9. The Bertz CT molecular complexity index is 1110. The predicted molar refractivity (Wildman–Crippen MR) is 134 cm³/mol. The summed E-state index contributed by atoms with van der Waals surface area (Å²) < 4.78 is 14.7. The van der Waals surface area contributed by atoms with Crippen LogP contribution < -0.4 is 10.6 Å². The summed E-state index contributed by atoms with van der Waals surface area (Å²) in [5.74, 6) is 1.63. The molecular formula is C25H34FN7O2. The van der Waals surface area contributed by atoms with Crippen LogP contribution in [0.5, 0.6) is 0 Å². The third kappa shape index (κ3) is 5.33. The van der Waals surface area contributed by atoms with E-state index in [4.69, 9.17) is 0 Å². The fourth-order valence-electron chi connectivity index (χ4n) is 5.44. The molecule has 0 bridgehead atoms. The maximum absolute atomic E-state index is 14.7. The highest BCUT2D eigenvalue weighted by atomic mass is 19.1. The number of carbonyl (C=O) groups excluding carboxylic acids is 1. The van der Waals surface area contributed by atoms with E-state index in [1.54, 1.807) is 6.92 Å². The molecule has 3 atom stereocenters. The lowest BCUT2D eigenvalue weighted by atomic mass is 9.82. The van der Waals surface area contributed by atoms with Gasteiger partial charge in [0.1, 0.15) is 5.52 Å². The Morgan fingerprint density at radius 1 is 1.20 bits per heavy atom. The number of H-pyrrole nitrogens is 1. The second-order valence-corrected chi connectivity index (χ2v) is 9.88. The smallest absolute Gasteiger partial charge is 0.219 e. The number of piperidine rings is 2. The van der Waals surface area contributed by atoms with Crippen LogP contribution in [0.4, 0.5) is 16.0 Å². The number of rotatable bonds is 7. The summed E-state index contributed by atoms with van der Waals surface area (Å²) in [6, 6.07) is 0.145. The average molecular weight is 484 g/mol. The minimum atomic E-state index is -0.602. The van der Waals surface area contributed by atoms with Gasteiger partial charge in [-0.3, -0.25) is 9.89 Å². The van der Waals surface area contributed by atoms with Gasteiger partial charge in [-0.05, 0) is 37.6 Å². The zero-order chi connectivity index (χ0) is 24.4. The number of pyridine rings is 1. The van der Waals surface area contributed by atoms with Crippen LogP contribution >= 0.6 is 0 Å². The number of hydrogen-bond acceptors (Lipinski definition) is 7. The highest BCUT2D eigenvalue weighted by Gasteiger charge is 2.28. The largest absolute Gasteiger partial charge is 0.390 e. The van der Waals surface area contributed by atoms with Crippen LogP contribution in [0.15, 0.2) is 30.5 Å². The number of amides is 1. The molecule has 2 aromatic heterocycles. The first-order chi connectivity index (χ1) is 17.0. The Morgan fingerprint density at radius 3 is 2.74 bits per heavy atom. The van der Waals surface area contributed by atoms with Crippen LogP contribution in [0.3, 0.4) is 0 Å². The van der Waals surface area contributed by atoms with Crippen LogP contribution in [0.1, 0.15) is 26.2 Å². The zero-order valence-electron chi connectivity index (χ0n) is 20.1. The van der Waals surface area contributed by atoms with E-state index >= 15 is 0 Å². The molecule has 3 aliphatic rings. The lowest BCUT2D eigenvalue weighted by Gasteiger charge is -2.37. The third-order valence-corrected chi connectivity index (χ3v) is 7.43. The highest BCUT2D eigenvalue weighted by molar-refractivity contribution is 5.96. The molecule has 2 aliphatic heterocycles. The maximum atomic E-state index is 14.7. The van der Waals surface area contributed by atoms with Crippen LogP contribution in [0, 0.1) is 17.7 Å². The van der Waals surface area contributed by atoms with Crippen LogP contribution in [-0.4, -0.2) is 87.4 Å². The van der Waals surface area contributed by atoms with E-state index < -0.39 is 11.9 Å². The quantitative estimate of drug-likeness (QED) is 0.479. The minimum absolute atomic E-state index is 0.0877. The zero-order valence-corrected chi connectivity index (χ0v) is 20.1. The van der Waals surface area contributed by atoms with E-state index in [2.05, 4.69) is 55.0 Å². The fourth-order valence-corrected chi connectivity index (χ4v) is 5.44. The van der Waals surface area contributed by atoms with Crippen LogP contribution in [0.2, 0.25) is 0 Å². The molecule has 0 aromatic carbocycles. The van der Waals surface area contributed by atoms with Gasteiger partial charge in [-0.25, -0.2) is 9.37 Å². The number of aliphatic hydroxyl groups excluding tert-OH is 1. The summed E-state index contributed by atoms with van der Waals surface area (Å²) in [6.07, 6.45) is 12.1. The number of nitrogens with one attached hydrogen (secondary N) is 3. The topological polar surface area (TPSA) is 109 Å². The van der Waals surface area contributed by atoms with Crippen molar-refractivity contribution in [1.29, 1.82) is 0 Å². The normalized spacial score (nSPS) is 23.9. The molecule has 2 unspecified atom stereocenters. The van der Waals surface area contributed by atoms with Gasteiger partial charge in [0, 0.05) is 45.7 Å². The Balaban J connectivity index is 1.18. The molecule has 0 spiro atoms. The van der Waals surface area contributed by atoms with E-state index in [9.17, 15) is 14.3 Å². The first kappa shape index (κ1) is 23.7. The van der Waals surface area contributed by atoms with Crippen LogP contribution in [-0.2, 0) is 4.79 Å². The van der Waals surface area contributed by atoms with E-state index in [1.807, 2.05) is 4.90 Å². The third-order valence-electron chi connectivity index (χ3n) is 7.43. The molecule has 5 rings (SSSR count). The monoisotopic (exact) mass is 483 g/mol. The summed E-state index contributed by atoms with van der Waals surface area (Å²) >= 11 is 0. The summed E-state index contributed by atoms with van der Waals surface area (Å²) in [7, 11) is 0. The minimum Gasteiger partial charge on any atom is -0.390 e. The molecule has 0 saturated carbocycles. The van der Waals surface area contributed by atoms with Crippen molar-refractivity contribution in [1.82, 2.24) is 25.0 Å². The molecule has 1 aliphatic carbocycles. The highest BCUT2D eigenvalue weighted by Crippen LogP contribution is 2.30. The van der Waals surface area contributed by atoms with E-state index in [1.165, 1.54) is 6.20 Å². The molecule has 4 N–H and O–H groups in total. The number of carbonyl (C=O) groups is 1. The Morgan fingerprint density at radius 2 is 1.97 bits per heavy atom. The van der Waals surface area contributed by atoms with Crippen LogP contribution in [0.25, 0.3) is 10.9 Å². The van der Waals surface area contributed by atoms with Gasteiger partial charge in [-0.2, -0.15) is 5.10 Å². The number of anilines is 2. The lowest BCUT2D eigenvalue weighted by Crippen LogP contribution is -2.44. The molecule has 2 saturated heterocycles. The van der Waals surface area contributed by atoms with Crippen molar-refractivity contribution in [2.45, 2.75) is 38.3 Å². The summed E-state index contributed by atoms with van der Waals surface area (Å²) in [5, 5.41) is 24.7. The second kappa shape index (κ2) is 10.3. The molecule has 0 radical (unpaired) electrons. The molecule has 188 valence electrons. The summed E-state index contributed by atoms with van der Waals surface area (Å²) in [6.45, 7) is 5.70. The van der Waals surface area contributed by atoms with Gasteiger partial charge in [0.15, 0.2) is 17.5 Å². The molecule has 9 nitrogen and oxygen atoms in total. The van der Waals surface area contributed by atoms with Crippen molar-refractivity contribution >= 4 is 28.4 Å². The fraction of sp³-hybridized carbons (Fsp3) is 0.560. The molecule has 10 heteroatoms. The second-order valence-electron chi connectivity index (χ2n) is 9.88. The lowest BCUT2D eigenvalue weighted by molar-refractivity contribution is -0.129. The van der Waals surface area contributed by atoms with Crippen molar-refractivity contribution < 1.29 is 14.3 Å². The van der Waals surface area contributed by atoms with Crippen molar-refractivity contribution in [2.24, 2.45) is 11.8 Å². The van der Waals surface area contributed by atoms with Crippen molar-refractivity contribution in [2.75, 3.05) is 49.9 Å². The number of β-amino-alcohol motifs (C(OH)–C–C–N with tert-alkyl or cyclic N) is 1. The molecule has 2 aromatic rings. The number of likely N-dealkylation sites (tertiary alicyclic amines) is 2. The SMILES string of the molecule is CC(=O)N1CCC(Nc2ncc(F)c3c(NC[C@@H](O)CN4CCC5C=CC=CC5C4)n[nH]c23)CC1. The molecule has 4 heterocycles. The number of aromatic amines is 1. The Labute approximate surface area is 204 Å². The van der Waals surface area contributed by atoms with Gasteiger partial charge < -0.3 is 25.5 Å². The number of fused-ring (bicyclic) bond motifs is 2. The number of nitrogens with zero attached hydrogens (tertiary/aromatic N) is 4. The number of allylic oxidation sites excluding steroid dienone is 3. The Kier molecular flexibility index (Phi) is 7.01. The Hall–Kier alpha value is -2.98. The standard InChI is InChI=1S/C25H34FN7O2/c1-16(34)33-10-7-19(8-11-33)29-25-23-22(21(26)13-28-25)24(31-30-23)27-12-20(35)15-32-9-6-17-4-2-3-5-18(17)14-32/h2-5,13,17-20,35H,6-12,14-15H2,1H3,(H,28,29)(H2,27,30,31)/t17?,18?,20-/m1/s1. The number of hydrogen-bond donors (Lipinski definition) is 4. The van der Waals surface area contributed by atoms with E-state index in [0.29, 0.717) is 54.0 Å². The van der Waals surface area contributed by atoms with Crippen molar-refractivity contribution in [3.63, 3.8) is 0 Å². The summed E-state index contributed by atoms with van der Waals surface area (Å²) in [5.41, 5.74) is 0.496. The van der Waals surface area contributed by atoms with Gasteiger partial charge in [0.2, 0.25) is 5.91 Å². The first-order valence-corrected chi connectivity index (χ1v) is 12.5. The van der Waals surface area contributed by atoms with Gasteiger partial charge in [0.05, 0.1) is 17.7 Å². The van der Waals surface area contributed by atoms with Gasteiger partial charge in [-0.1, -0.05) is 24.3 Å². The molecule has 2 fully saturated rings. The number of aliphatic hydroxyl groups is 1.